The molecule has 1 aromatic carbocycles. The van der Waals surface area contributed by atoms with E-state index >= 15 is 0 Å². The Morgan fingerprint density at radius 3 is 2.31 bits per heavy atom. The molecular formula is C24H42IN5O2. The summed E-state index contributed by atoms with van der Waals surface area (Å²) in [6, 6.07) is 4.78. The maximum Gasteiger partial charge on any atom is 0.191 e. The molecule has 1 aromatic rings. The van der Waals surface area contributed by atoms with Crippen molar-refractivity contribution in [3.63, 3.8) is 0 Å². The van der Waals surface area contributed by atoms with Gasteiger partial charge >= 0.3 is 0 Å². The number of fused-ring (bicyclic) bond motifs is 1. The van der Waals surface area contributed by atoms with Gasteiger partial charge in [-0.15, -0.1) is 24.0 Å². The van der Waals surface area contributed by atoms with Crippen LogP contribution in [-0.4, -0.2) is 81.8 Å². The predicted octanol–water partition coefficient (Wildman–Crippen LogP) is 3.11. The Kier molecular flexibility index (Phi) is 11.9. The van der Waals surface area contributed by atoms with Crippen molar-refractivity contribution in [1.82, 2.24) is 20.4 Å². The molecule has 2 aliphatic rings. The van der Waals surface area contributed by atoms with Crippen molar-refractivity contribution in [2.45, 2.75) is 52.1 Å². The van der Waals surface area contributed by atoms with Gasteiger partial charge in [0.15, 0.2) is 17.5 Å². The van der Waals surface area contributed by atoms with E-state index in [9.17, 15) is 0 Å². The maximum atomic E-state index is 5.48. The number of methoxy groups -OCH3 is 2. The van der Waals surface area contributed by atoms with Crippen molar-refractivity contribution < 1.29 is 9.47 Å². The van der Waals surface area contributed by atoms with Crippen LogP contribution in [0, 0.1) is 0 Å². The summed E-state index contributed by atoms with van der Waals surface area (Å²) in [6.45, 7) is 12.6. The number of hydrogen-bond donors (Lipinski definition) is 2. The second-order valence-corrected chi connectivity index (χ2v) is 8.52. The van der Waals surface area contributed by atoms with Gasteiger partial charge in [0.1, 0.15) is 0 Å². The van der Waals surface area contributed by atoms with Crippen LogP contribution >= 0.6 is 24.0 Å². The standard InChI is InChI=1S/C24H41N5O2.HI/c1-5-11-28-13-8-21(9-14-28)27-24(25-6-2)26-10-15-29-12-7-19-16-22(30-3)23(31-4)17-20(19)18-29;/h16-17,21H,5-15,18H2,1-4H3,(H2,25,26,27);1H. The lowest BCUT2D eigenvalue weighted by Crippen LogP contribution is -2.49. The molecule has 0 radical (unpaired) electrons. The molecule has 0 aromatic heterocycles. The van der Waals surface area contributed by atoms with E-state index < -0.39 is 0 Å². The van der Waals surface area contributed by atoms with Crippen LogP contribution in [0.4, 0.5) is 0 Å². The van der Waals surface area contributed by atoms with Crippen molar-refractivity contribution >= 4 is 29.9 Å². The van der Waals surface area contributed by atoms with Crippen LogP contribution in [-0.2, 0) is 13.0 Å². The van der Waals surface area contributed by atoms with Gasteiger partial charge in [0.2, 0.25) is 0 Å². The summed E-state index contributed by atoms with van der Waals surface area (Å²) in [5, 5.41) is 7.09. The second kappa shape index (κ2) is 14.1. The number of halogens is 1. The fourth-order valence-electron chi connectivity index (χ4n) is 4.57. The first-order valence-electron chi connectivity index (χ1n) is 11.9. The number of likely N-dealkylation sites (tertiary alicyclic amines) is 1. The predicted molar refractivity (Wildman–Crippen MR) is 143 cm³/mol. The minimum Gasteiger partial charge on any atom is -0.493 e. The lowest BCUT2D eigenvalue weighted by Gasteiger charge is -2.33. The van der Waals surface area contributed by atoms with Crippen molar-refractivity contribution in [3.05, 3.63) is 23.3 Å². The molecule has 0 atom stereocenters. The van der Waals surface area contributed by atoms with Crippen LogP contribution in [0.15, 0.2) is 17.1 Å². The minimum absolute atomic E-state index is 0. The zero-order valence-electron chi connectivity index (χ0n) is 20.3. The van der Waals surface area contributed by atoms with Crippen LogP contribution < -0.4 is 20.1 Å². The van der Waals surface area contributed by atoms with Crippen LogP contribution in [0.1, 0.15) is 44.2 Å². The molecule has 0 saturated carbocycles. The molecule has 182 valence electrons. The summed E-state index contributed by atoms with van der Waals surface area (Å²) in [6.07, 6.45) is 4.66. The van der Waals surface area contributed by atoms with E-state index in [4.69, 9.17) is 14.5 Å². The van der Waals surface area contributed by atoms with E-state index in [1.165, 1.54) is 50.0 Å². The number of piperidine rings is 1. The van der Waals surface area contributed by atoms with E-state index in [0.29, 0.717) is 6.04 Å². The highest BCUT2D eigenvalue weighted by Gasteiger charge is 2.21. The number of nitrogens with zero attached hydrogens (tertiary/aromatic N) is 3. The zero-order valence-corrected chi connectivity index (χ0v) is 22.6. The van der Waals surface area contributed by atoms with Gasteiger partial charge in [-0.2, -0.15) is 0 Å². The Bertz CT molecular complexity index is 723. The van der Waals surface area contributed by atoms with Gasteiger partial charge < -0.3 is 25.0 Å². The van der Waals surface area contributed by atoms with E-state index in [1.807, 2.05) is 0 Å². The minimum atomic E-state index is 0. The van der Waals surface area contributed by atoms with Gasteiger partial charge in [0, 0.05) is 45.3 Å². The number of rotatable bonds is 9. The molecule has 2 aliphatic heterocycles. The van der Waals surface area contributed by atoms with Gasteiger partial charge in [-0.25, -0.2) is 0 Å². The molecule has 0 spiro atoms. The molecule has 1 fully saturated rings. The lowest BCUT2D eigenvalue weighted by molar-refractivity contribution is 0.206. The van der Waals surface area contributed by atoms with Gasteiger partial charge in [-0.3, -0.25) is 9.89 Å². The molecule has 8 heteroatoms. The summed E-state index contributed by atoms with van der Waals surface area (Å²) in [4.78, 5) is 9.92. The molecule has 0 amide bonds. The summed E-state index contributed by atoms with van der Waals surface area (Å²) < 4.78 is 10.9. The molecule has 0 aliphatic carbocycles. The molecule has 7 nitrogen and oxygen atoms in total. The summed E-state index contributed by atoms with van der Waals surface area (Å²) in [5.41, 5.74) is 2.69. The third-order valence-electron chi connectivity index (χ3n) is 6.30. The fourth-order valence-corrected chi connectivity index (χ4v) is 4.57. The number of aliphatic imine (C=N–C) groups is 1. The zero-order chi connectivity index (χ0) is 22.1. The normalized spacial score (nSPS) is 17.9. The molecule has 1 saturated heterocycles. The highest BCUT2D eigenvalue weighted by molar-refractivity contribution is 14.0. The molecular weight excluding hydrogens is 517 g/mol. The van der Waals surface area contributed by atoms with Gasteiger partial charge in [-0.1, -0.05) is 6.92 Å². The number of benzene rings is 1. The molecule has 2 heterocycles. The SMILES string of the molecule is CCCN1CCC(NC(=NCCN2CCc3cc(OC)c(OC)cc3C2)NCC)CC1.I. The van der Waals surface area contributed by atoms with Crippen molar-refractivity contribution in [2.75, 3.05) is 60.0 Å². The number of hydrogen-bond acceptors (Lipinski definition) is 5. The van der Waals surface area contributed by atoms with Gasteiger partial charge in [-0.05, 0) is 62.4 Å². The lowest BCUT2D eigenvalue weighted by atomic mass is 9.99. The van der Waals surface area contributed by atoms with Crippen LogP contribution in [0.25, 0.3) is 0 Å². The highest BCUT2D eigenvalue weighted by atomic mass is 127. The van der Waals surface area contributed by atoms with Crippen molar-refractivity contribution in [1.29, 1.82) is 0 Å². The largest absolute Gasteiger partial charge is 0.493 e. The first-order chi connectivity index (χ1) is 15.2. The summed E-state index contributed by atoms with van der Waals surface area (Å²) in [5.74, 6) is 2.59. The highest BCUT2D eigenvalue weighted by Crippen LogP contribution is 2.33. The second-order valence-electron chi connectivity index (χ2n) is 8.52. The Hall–Kier alpha value is -1.26. The van der Waals surface area contributed by atoms with E-state index in [0.717, 1.165) is 56.6 Å². The Labute approximate surface area is 211 Å². The molecule has 2 N–H and O–H groups in total. The molecule has 0 unspecified atom stereocenters. The number of nitrogens with one attached hydrogen (secondary N) is 2. The fraction of sp³-hybridized carbons (Fsp3) is 0.708. The maximum absolute atomic E-state index is 5.48. The first-order valence-corrected chi connectivity index (χ1v) is 11.9. The monoisotopic (exact) mass is 559 g/mol. The van der Waals surface area contributed by atoms with Crippen molar-refractivity contribution in [3.8, 4) is 11.5 Å². The van der Waals surface area contributed by atoms with Crippen LogP contribution in [0.2, 0.25) is 0 Å². The Morgan fingerprint density at radius 2 is 1.69 bits per heavy atom. The quantitative estimate of drug-likeness (QED) is 0.276. The third kappa shape index (κ3) is 7.66. The smallest absolute Gasteiger partial charge is 0.191 e. The van der Waals surface area contributed by atoms with Gasteiger partial charge in [0.25, 0.3) is 0 Å². The van der Waals surface area contributed by atoms with Crippen LogP contribution in [0.5, 0.6) is 11.5 Å². The van der Waals surface area contributed by atoms with Crippen LogP contribution in [0.3, 0.4) is 0 Å². The van der Waals surface area contributed by atoms with E-state index in [2.05, 4.69) is 46.4 Å². The topological polar surface area (TPSA) is 61.4 Å². The molecule has 32 heavy (non-hydrogen) atoms. The summed E-state index contributed by atoms with van der Waals surface area (Å²) >= 11 is 0. The Balaban J connectivity index is 0.00000363. The van der Waals surface area contributed by atoms with Crippen molar-refractivity contribution in [2.24, 2.45) is 4.99 Å². The summed E-state index contributed by atoms with van der Waals surface area (Å²) in [7, 11) is 3.39. The molecule has 3 rings (SSSR count). The average molecular weight is 560 g/mol. The van der Waals surface area contributed by atoms with E-state index in [1.54, 1.807) is 14.2 Å². The molecule has 0 bridgehead atoms. The Morgan fingerprint density at radius 1 is 1.00 bits per heavy atom. The first kappa shape index (κ1) is 27.0. The number of ether oxygens (including phenoxy) is 2. The van der Waals surface area contributed by atoms with Gasteiger partial charge in [0.05, 0.1) is 20.8 Å². The number of guanidine groups is 1. The van der Waals surface area contributed by atoms with E-state index in [-0.39, 0.29) is 24.0 Å². The average Bonchev–Trinajstić information content (AvgIpc) is 2.79. The third-order valence-corrected chi connectivity index (χ3v) is 6.30.